The molecule has 3 nitrogen and oxygen atoms in total. The minimum atomic E-state index is 0.638. The molecule has 1 heterocycles. The largest absolute Gasteiger partial charge is 0.314 e. The lowest BCUT2D eigenvalue weighted by molar-refractivity contribution is 0.332. The van der Waals surface area contributed by atoms with Gasteiger partial charge in [-0.15, -0.1) is 0 Å². The van der Waals surface area contributed by atoms with Crippen molar-refractivity contribution in [2.24, 2.45) is 13.0 Å². The van der Waals surface area contributed by atoms with E-state index in [0.717, 1.165) is 23.7 Å². The third kappa shape index (κ3) is 3.51. The number of aromatic nitrogens is 2. The fourth-order valence-electron chi connectivity index (χ4n) is 3.31. The van der Waals surface area contributed by atoms with Crippen molar-refractivity contribution in [3.05, 3.63) is 16.4 Å². The lowest BCUT2D eigenvalue weighted by atomic mass is 9.90. The third-order valence-corrected chi connectivity index (χ3v) is 4.83. The Balaban J connectivity index is 2.13. The van der Waals surface area contributed by atoms with Gasteiger partial charge in [0.2, 0.25) is 0 Å². The van der Waals surface area contributed by atoms with Crippen LogP contribution in [0.15, 0.2) is 0 Å². The van der Waals surface area contributed by atoms with Crippen LogP contribution in [0.5, 0.6) is 0 Å². The van der Waals surface area contributed by atoms with Gasteiger partial charge >= 0.3 is 0 Å². The number of hydrogen-bond donors (Lipinski definition) is 1. The first-order valence-electron chi connectivity index (χ1n) is 7.54. The molecule has 0 radical (unpaired) electrons. The van der Waals surface area contributed by atoms with Crippen molar-refractivity contribution >= 4 is 11.6 Å². The average Bonchev–Trinajstić information content (AvgIpc) is 2.58. The smallest absolute Gasteiger partial charge is 0.0847 e. The molecule has 0 amide bonds. The summed E-state index contributed by atoms with van der Waals surface area (Å²) in [5, 5.41) is 8.97. The highest BCUT2D eigenvalue weighted by atomic mass is 35.5. The molecular weight excluding hydrogens is 258 g/mol. The number of nitrogens with one attached hydrogen (secondary N) is 1. The maximum Gasteiger partial charge on any atom is 0.0847 e. The van der Waals surface area contributed by atoms with Crippen molar-refractivity contribution in [1.29, 1.82) is 0 Å². The van der Waals surface area contributed by atoms with Gasteiger partial charge in [-0.2, -0.15) is 5.10 Å². The van der Waals surface area contributed by atoms with E-state index >= 15 is 0 Å². The van der Waals surface area contributed by atoms with Crippen LogP contribution in [0.3, 0.4) is 0 Å². The zero-order valence-corrected chi connectivity index (χ0v) is 13.1. The molecule has 1 aromatic heterocycles. The summed E-state index contributed by atoms with van der Waals surface area (Å²) < 4.78 is 1.96. The van der Waals surface area contributed by atoms with Gasteiger partial charge in [0.05, 0.1) is 16.4 Å². The second kappa shape index (κ2) is 6.76. The Labute approximate surface area is 121 Å². The van der Waals surface area contributed by atoms with E-state index < -0.39 is 0 Å². The van der Waals surface area contributed by atoms with Gasteiger partial charge < -0.3 is 5.32 Å². The van der Waals surface area contributed by atoms with Crippen molar-refractivity contribution in [2.45, 2.75) is 58.4 Å². The maximum absolute atomic E-state index is 6.40. The van der Waals surface area contributed by atoms with Gasteiger partial charge in [0.1, 0.15) is 0 Å². The van der Waals surface area contributed by atoms with E-state index in [1.165, 1.54) is 37.8 Å². The van der Waals surface area contributed by atoms with Crippen molar-refractivity contribution in [3.8, 4) is 0 Å². The third-order valence-electron chi connectivity index (χ3n) is 4.34. The summed E-state index contributed by atoms with van der Waals surface area (Å²) in [5.74, 6) is 0.690. The van der Waals surface area contributed by atoms with E-state index in [-0.39, 0.29) is 0 Å². The molecule has 108 valence electrons. The summed E-state index contributed by atoms with van der Waals surface area (Å²) >= 11 is 6.40. The Morgan fingerprint density at radius 3 is 2.68 bits per heavy atom. The molecule has 1 saturated carbocycles. The molecule has 1 N–H and O–H groups in total. The molecule has 19 heavy (non-hydrogen) atoms. The van der Waals surface area contributed by atoms with Crippen molar-refractivity contribution in [1.82, 2.24) is 15.1 Å². The second-order valence-corrected chi connectivity index (χ2v) is 6.11. The van der Waals surface area contributed by atoms with Crippen molar-refractivity contribution in [3.63, 3.8) is 0 Å². The standard InChI is InChI=1S/C15H26ClN3/c1-4-17-13-9-7-5-6-8-12(13)10-14-15(16)11(2)18-19(14)3/h12-13,17H,4-10H2,1-3H3. The lowest BCUT2D eigenvalue weighted by Crippen LogP contribution is -2.36. The molecule has 1 aromatic rings. The first-order valence-corrected chi connectivity index (χ1v) is 7.92. The summed E-state index contributed by atoms with van der Waals surface area (Å²) in [6.45, 7) is 5.24. The van der Waals surface area contributed by atoms with Crippen LogP contribution >= 0.6 is 11.6 Å². The monoisotopic (exact) mass is 283 g/mol. The highest BCUT2D eigenvalue weighted by Gasteiger charge is 2.25. The highest BCUT2D eigenvalue weighted by Crippen LogP contribution is 2.30. The Morgan fingerprint density at radius 2 is 2.05 bits per heavy atom. The fraction of sp³-hybridized carbons (Fsp3) is 0.800. The van der Waals surface area contributed by atoms with Crippen LogP contribution in [0.25, 0.3) is 0 Å². The average molecular weight is 284 g/mol. The van der Waals surface area contributed by atoms with E-state index in [4.69, 9.17) is 11.6 Å². The predicted molar refractivity (Wildman–Crippen MR) is 80.7 cm³/mol. The van der Waals surface area contributed by atoms with Crippen LogP contribution in [-0.4, -0.2) is 22.4 Å². The molecule has 0 spiro atoms. The Bertz CT molecular complexity index is 414. The van der Waals surface area contributed by atoms with Crippen molar-refractivity contribution in [2.75, 3.05) is 6.54 Å². The molecule has 1 aliphatic carbocycles. The molecule has 0 aromatic carbocycles. The van der Waals surface area contributed by atoms with Crippen LogP contribution in [-0.2, 0) is 13.5 Å². The van der Waals surface area contributed by atoms with Crippen LogP contribution < -0.4 is 5.32 Å². The Morgan fingerprint density at radius 1 is 1.32 bits per heavy atom. The van der Waals surface area contributed by atoms with Gasteiger partial charge in [-0.05, 0) is 38.6 Å². The van der Waals surface area contributed by atoms with Crippen molar-refractivity contribution < 1.29 is 0 Å². The Kier molecular flexibility index (Phi) is 5.28. The molecule has 1 aliphatic rings. The van der Waals surface area contributed by atoms with Gasteiger partial charge in [-0.1, -0.05) is 37.8 Å². The number of hydrogen-bond acceptors (Lipinski definition) is 2. The summed E-state index contributed by atoms with van der Waals surface area (Å²) in [6, 6.07) is 0.638. The fourth-order valence-corrected chi connectivity index (χ4v) is 3.55. The van der Waals surface area contributed by atoms with Gasteiger partial charge in [0, 0.05) is 13.1 Å². The van der Waals surface area contributed by atoms with Crippen LogP contribution in [0.1, 0.15) is 50.4 Å². The van der Waals surface area contributed by atoms with Gasteiger partial charge in [-0.3, -0.25) is 4.68 Å². The van der Waals surface area contributed by atoms with Crippen LogP contribution in [0.4, 0.5) is 0 Å². The number of halogens is 1. The Hall–Kier alpha value is -0.540. The van der Waals surface area contributed by atoms with E-state index in [2.05, 4.69) is 17.3 Å². The van der Waals surface area contributed by atoms with Crippen LogP contribution in [0.2, 0.25) is 5.02 Å². The molecular formula is C15H26ClN3. The molecule has 1 fully saturated rings. The zero-order chi connectivity index (χ0) is 13.8. The summed E-state index contributed by atoms with van der Waals surface area (Å²) in [5.41, 5.74) is 2.15. The van der Waals surface area contributed by atoms with E-state index in [0.29, 0.717) is 12.0 Å². The lowest BCUT2D eigenvalue weighted by Gasteiger charge is -2.26. The minimum Gasteiger partial charge on any atom is -0.314 e. The van der Waals surface area contributed by atoms with E-state index in [9.17, 15) is 0 Å². The van der Waals surface area contributed by atoms with Gasteiger partial charge in [0.25, 0.3) is 0 Å². The summed E-state index contributed by atoms with van der Waals surface area (Å²) in [4.78, 5) is 0. The molecule has 2 unspecified atom stereocenters. The highest BCUT2D eigenvalue weighted by molar-refractivity contribution is 6.31. The summed E-state index contributed by atoms with van der Waals surface area (Å²) in [7, 11) is 2.01. The first kappa shape index (κ1) is 14.9. The van der Waals surface area contributed by atoms with Gasteiger partial charge in [0.15, 0.2) is 0 Å². The minimum absolute atomic E-state index is 0.638. The molecule has 2 atom stereocenters. The zero-order valence-electron chi connectivity index (χ0n) is 12.4. The topological polar surface area (TPSA) is 29.9 Å². The molecule has 0 saturated heterocycles. The van der Waals surface area contributed by atoms with E-state index in [1.807, 2.05) is 18.7 Å². The number of aryl methyl sites for hydroxylation is 2. The SMILES string of the molecule is CCNC1CCCCCC1Cc1c(Cl)c(C)nn1C. The summed E-state index contributed by atoms with van der Waals surface area (Å²) in [6.07, 6.45) is 7.73. The molecule has 0 aliphatic heterocycles. The van der Waals surface area contributed by atoms with Crippen LogP contribution in [0, 0.1) is 12.8 Å². The molecule has 0 bridgehead atoms. The second-order valence-electron chi connectivity index (χ2n) is 5.74. The van der Waals surface area contributed by atoms with Gasteiger partial charge in [-0.25, -0.2) is 0 Å². The normalized spacial score (nSPS) is 24.4. The number of rotatable bonds is 4. The molecule has 4 heteroatoms. The maximum atomic E-state index is 6.40. The first-order chi connectivity index (χ1) is 9.13. The number of nitrogens with zero attached hydrogens (tertiary/aromatic N) is 2. The van der Waals surface area contributed by atoms with E-state index in [1.54, 1.807) is 0 Å². The quantitative estimate of drug-likeness (QED) is 0.858. The molecule has 2 rings (SSSR count). The predicted octanol–water partition coefficient (Wildman–Crippen LogP) is 3.48.